The van der Waals surface area contributed by atoms with Crippen LogP contribution in [0.15, 0.2) is 16.5 Å². The van der Waals surface area contributed by atoms with Crippen LogP contribution in [-0.2, 0) is 4.79 Å². The summed E-state index contributed by atoms with van der Waals surface area (Å²) in [5, 5.41) is 2.67. The van der Waals surface area contributed by atoms with E-state index < -0.39 is 5.41 Å². The fourth-order valence-electron chi connectivity index (χ4n) is 0.875. The summed E-state index contributed by atoms with van der Waals surface area (Å²) in [7, 11) is 0. The molecule has 0 radical (unpaired) electrons. The number of nitrogens with two attached hydrogens (primary N) is 1. The van der Waals surface area contributed by atoms with Crippen molar-refractivity contribution in [1.82, 2.24) is 0 Å². The highest BCUT2D eigenvalue weighted by Gasteiger charge is 2.26. The largest absolute Gasteiger partial charge is 0.446 e. The van der Waals surface area contributed by atoms with Gasteiger partial charge in [0.05, 0.1) is 5.41 Å². The van der Waals surface area contributed by atoms with Crippen molar-refractivity contribution < 1.29 is 9.21 Å². The minimum absolute atomic E-state index is 0.130. The molecule has 14 heavy (non-hydrogen) atoms. The number of hydrogen-bond donors (Lipinski definition) is 2. The minimum Gasteiger partial charge on any atom is -0.446 e. The predicted octanol–water partition coefficient (Wildman–Crippen LogP) is 1.51. The van der Waals surface area contributed by atoms with Crippen LogP contribution in [0.1, 0.15) is 19.6 Å². The molecule has 4 heteroatoms. The Morgan fingerprint density at radius 2 is 2.21 bits per heavy atom. The van der Waals surface area contributed by atoms with Crippen LogP contribution < -0.4 is 11.1 Å². The van der Waals surface area contributed by atoms with Crippen LogP contribution in [0.5, 0.6) is 0 Å². The minimum atomic E-state index is -0.569. The molecule has 0 saturated carbocycles. The Morgan fingerprint density at radius 1 is 1.57 bits per heavy atom. The molecule has 0 spiro atoms. The van der Waals surface area contributed by atoms with Gasteiger partial charge in [-0.15, -0.1) is 0 Å². The average Bonchev–Trinajstić information content (AvgIpc) is 2.51. The van der Waals surface area contributed by atoms with Gasteiger partial charge in [0, 0.05) is 12.6 Å². The van der Waals surface area contributed by atoms with Gasteiger partial charge in [-0.1, -0.05) is 0 Å². The van der Waals surface area contributed by atoms with Gasteiger partial charge in [0.25, 0.3) is 0 Å². The molecule has 78 valence electrons. The van der Waals surface area contributed by atoms with E-state index in [-0.39, 0.29) is 5.91 Å². The molecule has 0 aliphatic heterocycles. The van der Waals surface area contributed by atoms with E-state index in [2.05, 4.69) is 5.32 Å². The highest BCUT2D eigenvalue weighted by atomic mass is 16.4. The lowest BCUT2D eigenvalue weighted by atomic mass is 9.93. The van der Waals surface area contributed by atoms with E-state index in [9.17, 15) is 4.79 Å². The van der Waals surface area contributed by atoms with Crippen LogP contribution in [0.4, 0.5) is 5.88 Å². The summed E-state index contributed by atoms with van der Waals surface area (Å²) < 4.78 is 5.22. The van der Waals surface area contributed by atoms with Crippen molar-refractivity contribution in [2.75, 3.05) is 11.9 Å². The number of amides is 1. The van der Waals surface area contributed by atoms with Gasteiger partial charge in [-0.05, 0) is 26.8 Å². The quantitative estimate of drug-likeness (QED) is 0.770. The standard InChI is InChI=1S/C10H16N2O2/c1-7-4-5-8(14-7)12-9(13)10(2,3)6-11/h4-5H,6,11H2,1-3H3,(H,12,13). The lowest BCUT2D eigenvalue weighted by molar-refractivity contribution is -0.123. The summed E-state index contributed by atoms with van der Waals surface area (Å²) in [6.07, 6.45) is 0. The van der Waals surface area contributed by atoms with Crippen molar-refractivity contribution in [1.29, 1.82) is 0 Å². The molecular weight excluding hydrogens is 180 g/mol. The number of anilines is 1. The lowest BCUT2D eigenvalue weighted by Crippen LogP contribution is -2.37. The molecule has 1 aromatic heterocycles. The molecule has 0 aromatic carbocycles. The van der Waals surface area contributed by atoms with E-state index in [0.717, 1.165) is 5.76 Å². The molecule has 0 atom stereocenters. The van der Waals surface area contributed by atoms with E-state index in [1.165, 1.54) is 0 Å². The Balaban J connectivity index is 2.66. The molecule has 1 amide bonds. The first-order chi connectivity index (χ1) is 6.45. The van der Waals surface area contributed by atoms with Gasteiger partial charge < -0.3 is 10.2 Å². The van der Waals surface area contributed by atoms with E-state index in [1.54, 1.807) is 26.0 Å². The van der Waals surface area contributed by atoms with Crippen molar-refractivity contribution >= 4 is 11.8 Å². The zero-order chi connectivity index (χ0) is 10.8. The number of aryl methyl sites for hydroxylation is 1. The monoisotopic (exact) mass is 196 g/mol. The van der Waals surface area contributed by atoms with Gasteiger partial charge in [0.2, 0.25) is 5.91 Å². The summed E-state index contributed by atoms with van der Waals surface area (Å²) >= 11 is 0. The van der Waals surface area contributed by atoms with Crippen molar-refractivity contribution in [3.8, 4) is 0 Å². The summed E-state index contributed by atoms with van der Waals surface area (Å²) in [6.45, 7) is 5.71. The van der Waals surface area contributed by atoms with Crippen LogP contribution >= 0.6 is 0 Å². The predicted molar refractivity (Wildman–Crippen MR) is 54.9 cm³/mol. The summed E-state index contributed by atoms with van der Waals surface area (Å²) in [5.74, 6) is 1.11. The lowest BCUT2D eigenvalue weighted by Gasteiger charge is -2.20. The highest BCUT2D eigenvalue weighted by molar-refractivity contribution is 5.93. The van der Waals surface area contributed by atoms with Crippen LogP contribution in [0.3, 0.4) is 0 Å². The van der Waals surface area contributed by atoms with E-state index in [1.807, 2.05) is 6.92 Å². The molecule has 0 unspecified atom stereocenters. The molecule has 0 fully saturated rings. The molecule has 0 bridgehead atoms. The molecule has 1 heterocycles. The normalized spacial score (nSPS) is 11.4. The van der Waals surface area contributed by atoms with Gasteiger partial charge in [-0.2, -0.15) is 0 Å². The average molecular weight is 196 g/mol. The Bertz CT molecular complexity index is 329. The fraction of sp³-hybridized carbons (Fsp3) is 0.500. The summed E-state index contributed by atoms with van der Waals surface area (Å²) in [5.41, 5.74) is 4.91. The Hall–Kier alpha value is -1.29. The van der Waals surface area contributed by atoms with Crippen LogP contribution in [0, 0.1) is 12.3 Å². The molecule has 0 aliphatic carbocycles. The first kappa shape index (κ1) is 10.8. The number of carbonyl (C=O) groups excluding carboxylic acids is 1. The Kier molecular flexibility index (Phi) is 2.96. The second-order valence-corrected chi connectivity index (χ2v) is 3.95. The number of furan rings is 1. The molecule has 3 N–H and O–H groups in total. The third-order valence-corrected chi connectivity index (χ3v) is 2.10. The number of nitrogens with one attached hydrogen (secondary N) is 1. The Morgan fingerprint density at radius 3 is 2.64 bits per heavy atom. The Labute approximate surface area is 83.5 Å². The number of hydrogen-bond acceptors (Lipinski definition) is 3. The third-order valence-electron chi connectivity index (χ3n) is 2.10. The van der Waals surface area contributed by atoms with Gasteiger partial charge in [0.1, 0.15) is 5.76 Å². The van der Waals surface area contributed by atoms with Gasteiger partial charge in [-0.3, -0.25) is 10.1 Å². The maximum absolute atomic E-state index is 11.6. The van der Waals surface area contributed by atoms with Gasteiger partial charge >= 0.3 is 0 Å². The summed E-state index contributed by atoms with van der Waals surface area (Å²) in [4.78, 5) is 11.6. The van der Waals surface area contributed by atoms with Crippen LogP contribution in [0.25, 0.3) is 0 Å². The van der Waals surface area contributed by atoms with Crippen LogP contribution in [-0.4, -0.2) is 12.5 Å². The zero-order valence-corrected chi connectivity index (χ0v) is 8.76. The summed E-state index contributed by atoms with van der Waals surface area (Å²) in [6, 6.07) is 3.52. The zero-order valence-electron chi connectivity index (χ0n) is 8.76. The molecular formula is C10H16N2O2. The first-order valence-corrected chi connectivity index (χ1v) is 4.53. The third kappa shape index (κ3) is 2.35. The topological polar surface area (TPSA) is 68.3 Å². The van der Waals surface area contributed by atoms with Crippen molar-refractivity contribution in [2.24, 2.45) is 11.1 Å². The van der Waals surface area contributed by atoms with Gasteiger partial charge in [0.15, 0.2) is 5.88 Å². The number of carbonyl (C=O) groups is 1. The fourth-order valence-corrected chi connectivity index (χ4v) is 0.875. The van der Waals surface area contributed by atoms with Crippen molar-refractivity contribution in [3.63, 3.8) is 0 Å². The first-order valence-electron chi connectivity index (χ1n) is 4.53. The maximum Gasteiger partial charge on any atom is 0.233 e. The highest BCUT2D eigenvalue weighted by Crippen LogP contribution is 2.18. The maximum atomic E-state index is 11.6. The molecule has 1 aromatic rings. The second kappa shape index (κ2) is 3.84. The smallest absolute Gasteiger partial charge is 0.233 e. The van der Waals surface area contributed by atoms with E-state index in [0.29, 0.717) is 12.4 Å². The SMILES string of the molecule is Cc1ccc(NC(=O)C(C)(C)CN)o1. The second-order valence-electron chi connectivity index (χ2n) is 3.95. The van der Waals surface area contributed by atoms with Crippen molar-refractivity contribution in [3.05, 3.63) is 17.9 Å². The van der Waals surface area contributed by atoms with Crippen molar-refractivity contribution in [2.45, 2.75) is 20.8 Å². The van der Waals surface area contributed by atoms with Gasteiger partial charge in [-0.25, -0.2) is 0 Å². The van der Waals surface area contributed by atoms with Crippen LogP contribution in [0.2, 0.25) is 0 Å². The number of rotatable bonds is 3. The molecule has 1 rings (SSSR count). The molecule has 0 aliphatic rings. The molecule has 4 nitrogen and oxygen atoms in total. The van der Waals surface area contributed by atoms with E-state index in [4.69, 9.17) is 10.2 Å². The van der Waals surface area contributed by atoms with E-state index >= 15 is 0 Å². The molecule has 0 saturated heterocycles.